The number of aromatic nitrogens is 3. The van der Waals surface area contributed by atoms with Crippen LogP contribution in [0.5, 0.6) is 0 Å². The van der Waals surface area contributed by atoms with Crippen molar-refractivity contribution in [1.29, 1.82) is 0 Å². The second-order valence-electron chi connectivity index (χ2n) is 5.97. The van der Waals surface area contributed by atoms with E-state index in [9.17, 15) is 18.0 Å². The van der Waals surface area contributed by atoms with Crippen LogP contribution in [0.15, 0.2) is 36.7 Å². The molecule has 0 unspecified atom stereocenters. The molecule has 0 spiro atoms. The number of carbonyl (C=O) groups excluding carboxylic acids is 1. The summed E-state index contributed by atoms with van der Waals surface area (Å²) in [7, 11) is 0. The summed E-state index contributed by atoms with van der Waals surface area (Å²) in [5.41, 5.74) is 11.5. The van der Waals surface area contributed by atoms with Gasteiger partial charge in [-0.05, 0) is 30.2 Å². The van der Waals surface area contributed by atoms with Crippen molar-refractivity contribution in [2.45, 2.75) is 19.5 Å². The first kappa shape index (κ1) is 19.7. The summed E-state index contributed by atoms with van der Waals surface area (Å²) in [6.45, 7) is 1.81. The maximum atomic E-state index is 13.3. The monoisotopic (exact) mass is 409 g/mol. The number of benzene rings is 1. The first-order valence-corrected chi connectivity index (χ1v) is 8.50. The number of nitrogens with two attached hydrogens (primary N) is 2. The molecule has 6 nitrogen and oxygen atoms in total. The topological polar surface area (TPSA) is 99.8 Å². The van der Waals surface area contributed by atoms with E-state index in [1.807, 2.05) is 0 Å². The van der Waals surface area contributed by atoms with Gasteiger partial charge in [0.05, 0.1) is 28.0 Å². The van der Waals surface area contributed by atoms with Gasteiger partial charge in [0.1, 0.15) is 5.69 Å². The van der Waals surface area contributed by atoms with Crippen molar-refractivity contribution in [3.05, 3.63) is 58.4 Å². The average Bonchev–Trinajstić information content (AvgIpc) is 3.07. The van der Waals surface area contributed by atoms with E-state index in [1.54, 1.807) is 6.92 Å². The minimum absolute atomic E-state index is 0.0764. The number of rotatable bonds is 4. The zero-order chi connectivity index (χ0) is 20.6. The van der Waals surface area contributed by atoms with Gasteiger partial charge in [-0.3, -0.25) is 4.79 Å². The number of carbonyl (C=O) groups is 1. The second kappa shape index (κ2) is 7.16. The molecular weight excluding hydrogens is 395 g/mol. The Balaban J connectivity index is 2.33. The van der Waals surface area contributed by atoms with Crippen LogP contribution < -0.4 is 11.5 Å². The molecule has 0 aliphatic heterocycles. The third-order valence-corrected chi connectivity index (χ3v) is 4.44. The zero-order valence-electron chi connectivity index (χ0n) is 14.6. The molecule has 3 rings (SSSR count). The summed E-state index contributed by atoms with van der Waals surface area (Å²) < 4.78 is 41.2. The van der Waals surface area contributed by atoms with Crippen LogP contribution >= 0.6 is 11.6 Å². The van der Waals surface area contributed by atoms with E-state index < -0.39 is 17.6 Å². The van der Waals surface area contributed by atoms with Crippen molar-refractivity contribution < 1.29 is 18.0 Å². The van der Waals surface area contributed by atoms with Crippen molar-refractivity contribution in [3.63, 3.8) is 0 Å². The van der Waals surface area contributed by atoms with Crippen LogP contribution in [0, 0.1) is 0 Å². The Labute approximate surface area is 163 Å². The lowest BCUT2D eigenvalue weighted by atomic mass is 10.1. The molecule has 2 aromatic heterocycles. The van der Waals surface area contributed by atoms with Gasteiger partial charge in [0.2, 0.25) is 11.9 Å². The smallest absolute Gasteiger partial charge is 0.368 e. The summed E-state index contributed by atoms with van der Waals surface area (Å²) >= 11 is 6.17. The number of halogens is 4. The van der Waals surface area contributed by atoms with Crippen LogP contribution in [-0.4, -0.2) is 20.4 Å². The third-order valence-electron chi connectivity index (χ3n) is 4.16. The van der Waals surface area contributed by atoms with Crippen molar-refractivity contribution in [2.24, 2.45) is 5.73 Å². The highest BCUT2D eigenvalue weighted by molar-refractivity contribution is 6.32. The maximum Gasteiger partial charge on any atom is 0.416 e. The fraction of sp³-hybridized carbons (Fsp3) is 0.167. The lowest BCUT2D eigenvalue weighted by Gasteiger charge is -2.16. The molecule has 28 heavy (non-hydrogen) atoms. The van der Waals surface area contributed by atoms with Gasteiger partial charge >= 0.3 is 6.18 Å². The number of aryl methyl sites for hydroxylation is 1. The highest BCUT2D eigenvalue weighted by atomic mass is 35.5. The molecule has 0 fully saturated rings. The Morgan fingerprint density at radius 2 is 2.00 bits per heavy atom. The van der Waals surface area contributed by atoms with Crippen LogP contribution in [0.2, 0.25) is 5.02 Å². The number of hydrogen-bond donors (Lipinski definition) is 2. The first-order valence-electron chi connectivity index (χ1n) is 8.13. The lowest BCUT2D eigenvalue weighted by molar-refractivity contribution is -0.137. The molecule has 0 bridgehead atoms. The highest BCUT2D eigenvalue weighted by Crippen LogP contribution is 2.35. The van der Waals surface area contributed by atoms with Gasteiger partial charge in [0.25, 0.3) is 0 Å². The number of alkyl halides is 3. The predicted molar refractivity (Wildman–Crippen MR) is 99.1 cm³/mol. The number of primary amides is 1. The van der Waals surface area contributed by atoms with Crippen LogP contribution in [0.4, 0.5) is 19.1 Å². The average molecular weight is 410 g/mol. The summed E-state index contributed by atoms with van der Waals surface area (Å²) in [5, 5.41) is 0.120. The molecule has 0 aliphatic rings. The van der Waals surface area contributed by atoms with E-state index in [0.29, 0.717) is 12.0 Å². The van der Waals surface area contributed by atoms with Gasteiger partial charge in [-0.15, -0.1) is 0 Å². The Morgan fingerprint density at radius 3 is 2.61 bits per heavy atom. The SMILES string of the molecule is CCc1ccc(C(F)(F)F)cc1-n1cc(C(N)=O)cc1-c1nc(N)ncc1Cl. The molecular formula is C18H15ClF3N5O. The van der Waals surface area contributed by atoms with Gasteiger partial charge in [0, 0.05) is 11.9 Å². The van der Waals surface area contributed by atoms with E-state index in [2.05, 4.69) is 9.97 Å². The summed E-state index contributed by atoms with van der Waals surface area (Å²) in [5.74, 6) is -0.823. The normalized spacial score (nSPS) is 11.6. The minimum atomic E-state index is -4.53. The third kappa shape index (κ3) is 3.65. The van der Waals surface area contributed by atoms with Crippen molar-refractivity contribution in [3.8, 4) is 17.1 Å². The molecule has 4 N–H and O–H groups in total. The molecule has 0 saturated carbocycles. The quantitative estimate of drug-likeness (QED) is 0.683. The van der Waals surface area contributed by atoms with E-state index in [-0.39, 0.29) is 33.6 Å². The summed E-state index contributed by atoms with van der Waals surface area (Å²) in [6.07, 6.45) is -1.46. The molecule has 1 aromatic carbocycles. The molecule has 146 valence electrons. The predicted octanol–water partition coefficient (Wildman–Crippen LogP) is 3.85. The Hall–Kier alpha value is -3.07. The Bertz CT molecular complexity index is 1060. The van der Waals surface area contributed by atoms with Crippen molar-refractivity contribution in [1.82, 2.24) is 14.5 Å². The van der Waals surface area contributed by atoms with Gasteiger partial charge in [0.15, 0.2) is 0 Å². The summed E-state index contributed by atoms with van der Waals surface area (Å²) in [6, 6.07) is 4.80. The van der Waals surface area contributed by atoms with E-state index in [4.69, 9.17) is 23.1 Å². The molecule has 0 atom stereocenters. The largest absolute Gasteiger partial charge is 0.416 e. The van der Waals surface area contributed by atoms with Crippen molar-refractivity contribution in [2.75, 3.05) is 5.73 Å². The lowest BCUT2D eigenvalue weighted by Crippen LogP contribution is -2.10. The van der Waals surface area contributed by atoms with E-state index >= 15 is 0 Å². The standard InChI is InChI=1S/C18H15ClF3N5O/c1-2-9-3-4-11(18(20,21)22)6-13(9)27-8-10(16(23)28)5-14(27)15-12(19)7-25-17(24)26-15/h3-8H,2H2,1H3,(H2,23,28)(H2,24,25,26). The van der Waals surface area contributed by atoms with Crippen LogP contribution in [-0.2, 0) is 12.6 Å². The van der Waals surface area contributed by atoms with E-state index in [0.717, 1.165) is 12.1 Å². The minimum Gasteiger partial charge on any atom is -0.368 e. The number of hydrogen-bond acceptors (Lipinski definition) is 4. The van der Waals surface area contributed by atoms with Crippen LogP contribution in [0.1, 0.15) is 28.4 Å². The fourth-order valence-corrected chi connectivity index (χ4v) is 2.99. The van der Waals surface area contributed by atoms with Gasteiger partial charge in [-0.25, -0.2) is 9.97 Å². The van der Waals surface area contributed by atoms with Gasteiger partial charge in [-0.2, -0.15) is 13.2 Å². The van der Waals surface area contributed by atoms with Crippen LogP contribution in [0.3, 0.4) is 0 Å². The Morgan fingerprint density at radius 1 is 1.29 bits per heavy atom. The van der Waals surface area contributed by atoms with Crippen molar-refractivity contribution >= 4 is 23.5 Å². The first-order chi connectivity index (χ1) is 13.1. The number of nitrogen functional groups attached to an aromatic ring is 1. The molecule has 3 aromatic rings. The molecule has 0 saturated heterocycles. The maximum absolute atomic E-state index is 13.3. The van der Waals surface area contributed by atoms with Gasteiger partial charge < -0.3 is 16.0 Å². The fourth-order valence-electron chi connectivity index (χ4n) is 2.80. The van der Waals surface area contributed by atoms with Crippen LogP contribution in [0.25, 0.3) is 17.1 Å². The zero-order valence-corrected chi connectivity index (χ0v) is 15.3. The van der Waals surface area contributed by atoms with Gasteiger partial charge in [-0.1, -0.05) is 24.6 Å². The highest BCUT2D eigenvalue weighted by Gasteiger charge is 2.31. The Kier molecular flexibility index (Phi) is 5.03. The molecule has 10 heteroatoms. The molecule has 2 heterocycles. The summed E-state index contributed by atoms with van der Waals surface area (Å²) in [4.78, 5) is 19.5. The number of nitrogens with zero attached hydrogens (tertiary/aromatic N) is 3. The molecule has 0 aliphatic carbocycles. The molecule has 0 radical (unpaired) electrons. The number of anilines is 1. The van der Waals surface area contributed by atoms with E-state index in [1.165, 1.54) is 29.1 Å². The second-order valence-corrected chi connectivity index (χ2v) is 6.38. The number of amides is 1. The molecule has 1 amide bonds.